The van der Waals surface area contributed by atoms with Crippen LogP contribution in [0.1, 0.15) is 29.8 Å². The van der Waals surface area contributed by atoms with Crippen molar-refractivity contribution in [2.24, 2.45) is 5.92 Å². The van der Waals surface area contributed by atoms with Gasteiger partial charge in [0.1, 0.15) is 0 Å². The Morgan fingerprint density at radius 3 is 2.74 bits per heavy atom. The highest BCUT2D eigenvalue weighted by atomic mass is 16.1. The monoisotopic (exact) mass is 312 g/mol. The Morgan fingerprint density at radius 1 is 1.30 bits per heavy atom. The summed E-state index contributed by atoms with van der Waals surface area (Å²) >= 11 is 0. The highest BCUT2D eigenvalue weighted by molar-refractivity contribution is 5.78. The van der Waals surface area contributed by atoms with E-state index in [1.54, 1.807) is 0 Å². The predicted octanol–water partition coefficient (Wildman–Crippen LogP) is 2.10. The smallest absolute Gasteiger partial charge is 0.223 e. The van der Waals surface area contributed by atoms with Crippen molar-refractivity contribution in [3.63, 3.8) is 0 Å². The summed E-state index contributed by atoms with van der Waals surface area (Å²) in [5.41, 5.74) is 4.21. The molecule has 3 rings (SSSR count). The van der Waals surface area contributed by atoms with E-state index in [2.05, 4.69) is 27.9 Å². The molecule has 122 valence electrons. The molecule has 1 fully saturated rings. The summed E-state index contributed by atoms with van der Waals surface area (Å²) in [6, 6.07) is 10.2. The van der Waals surface area contributed by atoms with Gasteiger partial charge in [0.25, 0.3) is 0 Å². The van der Waals surface area contributed by atoms with Gasteiger partial charge in [-0.2, -0.15) is 5.10 Å². The van der Waals surface area contributed by atoms with Crippen molar-refractivity contribution in [1.82, 2.24) is 20.4 Å². The summed E-state index contributed by atoms with van der Waals surface area (Å²) in [4.78, 5) is 12.3. The van der Waals surface area contributed by atoms with Gasteiger partial charge in [-0.25, -0.2) is 4.68 Å². The van der Waals surface area contributed by atoms with Gasteiger partial charge in [0.05, 0.1) is 11.4 Å². The number of para-hydroxylation sites is 1. The topological polar surface area (TPSA) is 59.0 Å². The number of nitrogens with zero attached hydrogens (tertiary/aromatic N) is 2. The number of benzene rings is 1. The minimum Gasteiger partial charge on any atom is -0.352 e. The molecule has 1 aliphatic rings. The number of aryl methyl sites for hydroxylation is 2. The van der Waals surface area contributed by atoms with Crippen LogP contribution in [0.25, 0.3) is 5.69 Å². The second kappa shape index (κ2) is 6.96. The molecule has 0 spiro atoms. The largest absolute Gasteiger partial charge is 0.352 e. The lowest BCUT2D eigenvalue weighted by molar-refractivity contribution is -0.125. The number of nitrogens with one attached hydrogen (secondary N) is 2. The van der Waals surface area contributed by atoms with Crippen LogP contribution in [0, 0.1) is 19.8 Å². The minimum absolute atomic E-state index is 0.136. The van der Waals surface area contributed by atoms with Crippen LogP contribution in [0.2, 0.25) is 0 Å². The Hall–Kier alpha value is -2.14. The number of carbonyl (C=O) groups is 1. The van der Waals surface area contributed by atoms with Gasteiger partial charge in [-0.3, -0.25) is 4.79 Å². The molecule has 0 radical (unpaired) electrons. The molecule has 1 amide bonds. The summed E-state index contributed by atoms with van der Waals surface area (Å²) in [7, 11) is 0. The molecule has 1 aliphatic heterocycles. The third-order valence-electron chi connectivity index (χ3n) is 4.39. The Kier molecular flexibility index (Phi) is 4.76. The maximum Gasteiger partial charge on any atom is 0.223 e. The number of carbonyl (C=O) groups excluding carboxylic acids is 1. The molecule has 0 bridgehead atoms. The number of hydrogen-bond donors (Lipinski definition) is 2. The van der Waals surface area contributed by atoms with Crippen LogP contribution in [-0.4, -0.2) is 28.8 Å². The fourth-order valence-electron chi connectivity index (χ4n) is 3.15. The van der Waals surface area contributed by atoms with Gasteiger partial charge >= 0.3 is 0 Å². The van der Waals surface area contributed by atoms with E-state index >= 15 is 0 Å². The van der Waals surface area contributed by atoms with E-state index in [-0.39, 0.29) is 11.8 Å². The fraction of sp³-hybridized carbons (Fsp3) is 0.444. The summed E-state index contributed by atoms with van der Waals surface area (Å²) in [6.07, 6.45) is 1.84. The molecule has 0 atom stereocenters. The third kappa shape index (κ3) is 3.62. The highest BCUT2D eigenvalue weighted by Crippen LogP contribution is 2.18. The predicted molar refractivity (Wildman–Crippen MR) is 90.5 cm³/mol. The molecule has 5 nitrogen and oxygen atoms in total. The third-order valence-corrected chi connectivity index (χ3v) is 4.39. The fourth-order valence-corrected chi connectivity index (χ4v) is 3.15. The van der Waals surface area contributed by atoms with Crippen LogP contribution in [0.3, 0.4) is 0 Å². The standard InChI is InChI=1S/C18H24N4O/c1-13-11-14(2)22(21-13)17-6-4-3-5-16(17)12-20-18(23)15-7-9-19-10-8-15/h3-6,11,15,19H,7-10,12H2,1-2H3,(H,20,23). The molecule has 1 aromatic carbocycles. The van der Waals surface area contributed by atoms with Crippen LogP contribution in [0.4, 0.5) is 0 Å². The first-order chi connectivity index (χ1) is 11.1. The second-order valence-electron chi connectivity index (χ2n) is 6.21. The molecule has 2 N–H and O–H groups in total. The van der Waals surface area contributed by atoms with E-state index in [1.807, 2.05) is 36.7 Å². The van der Waals surface area contributed by atoms with Crippen molar-refractivity contribution in [2.75, 3.05) is 13.1 Å². The molecule has 1 aromatic heterocycles. The molecular formula is C18H24N4O. The summed E-state index contributed by atoms with van der Waals surface area (Å²) in [5.74, 6) is 0.298. The molecular weight excluding hydrogens is 288 g/mol. The van der Waals surface area contributed by atoms with E-state index in [1.165, 1.54) is 0 Å². The van der Waals surface area contributed by atoms with Crippen molar-refractivity contribution in [1.29, 1.82) is 0 Å². The molecule has 2 aromatic rings. The SMILES string of the molecule is Cc1cc(C)n(-c2ccccc2CNC(=O)C2CCNCC2)n1. The first-order valence-electron chi connectivity index (χ1n) is 8.25. The number of aromatic nitrogens is 2. The van der Waals surface area contributed by atoms with Crippen molar-refractivity contribution in [3.8, 4) is 5.69 Å². The van der Waals surface area contributed by atoms with Crippen molar-refractivity contribution < 1.29 is 4.79 Å². The molecule has 0 aliphatic carbocycles. The Morgan fingerprint density at radius 2 is 2.04 bits per heavy atom. The first-order valence-corrected chi connectivity index (χ1v) is 8.25. The Balaban J connectivity index is 1.73. The van der Waals surface area contributed by atoms with Gasteiger partial charge in [-0.05, 0) is 57.5 Å². The lowest BCUT2D eigenvalue weighted by Gasteiger charge is -2.22. The Bertz CT molecular complexity index is 686. The molecule has 0 unspecified atom stereocenters. The quantitative estimate of drug-likeness (QED) is 0.909. The van der Waals surface area contributed by atoms with Gasteiger partial charge in [-0.1, -0.05) is 18.2 Å². The average Bonchev–Trinajstić information content (AvgIpc) is 2.92. The van der Waals surface area contributed by atoms with E-state index < -0.39 is 0 Å². The van der Waals surface area contributed by atoms with E-state index in [4.69, 9.17) is 0 Å². The van der Waals surface area contributed by atoms with Crippen LogP contribution >= 0.6 is 0 Å². The highest BCUT2D eigenvalue weighted by Gasteiger charge is 2.20. The number of hydrogen-bond acceptors (Lipinski definition) is 3. The molecule has 2 heterocycles. The average molecular weight is 312 g/mol. The summed E-state index contributed by atoms with van der Waals surface area (Å²) in [5, 5.41) is 10.9. The van der Waals surface area contributed by atoms with Crippen molar-refractivity contribution in [2.45, 2.75) is 33.2 Å². The van der Waals surface area contributed by atoms with Gasteiger partial charge < -0.3 is 10.6 Å². The second-order valence-corrected chi connectivity index (χ2v) is 6.21. The van der Waals surface area contributed by atoms with Crippen LogP contribution in [-0.2, 0) is 11.3 Å². The summed E-state index contributed by atoms with van der Waals surface area (Å²) in [6.45, 7) is 6.44. The summed E-state index contributed by atoms with van der Waals surface area (Å²) < 4.78 is 1.95. The van der Waals surface area contributed by atoms with Gasteiger partial charge in [0.15, 0.2) is 0 Å². The molecule has 5 heteroatoms. The van der Waals surface area contributed by atoms with Crippen LogP contribution < -0.4 is 10.6 Å². The minimum atomic E-state index is 0.136. The number of piperidine rings is 1. The maximum absolute atomic E-state index is 12.3. The maximum atomic E-state index is 12.3. The number of rotatable bonds is 4. The van der Waals surface area contributed by atoms with Gasteiger partial charge in [-0.15, -0.1) is 0 Å². The lowest BCUT2D eigenvalue weighted by Crippen LogP contribution is -2.38. The van der Waals surface area contributed by atoms with Gasteiger partial charge in [0.2, 0.25) is 5.91 Å². The molecule has 0 saturated carbocycles. The zero-order chi connectivity index (χ0) is 16.2. The molecule has 23 heavy (non-hydrogen) atoms. The molecule has 1 saturated heterocycles. The van der Waals surface area contributed by atoms with E-state index in [9.17, 15) is 4.79 Å². The van der Waals surface area contributed by atoms with Crippen LogP contribution in [0.5, 0.6) is 0 Å². The van der Waals surface area contributed by atoms with Gasteiger partial charge in [0, 0.05) is 18.2 Å². The zero-order valence-electron chi connectivity index (χ0n) is 13.8. The van der Waals surface area contributed by atoms with Crippen LogP contribution in [0.15, 0.2) is 30.3 Å². The zero-order valence-corrected chi connectivity index (χ0v) is 13.8. The normalized spacial score (nSPS) is 15.6. The van der Waals surface area contributed by atoms with E-state index in [0.717, 1.165) is 48.6 Å². The van der Waals surface area contributed by atoms with Crippen molar-refractivity contribution >= 4 is 5.91 Å². The van der Waals surface area contributed by atoms with E-state index in [0.29, 0.717) is 6.54 Å². The number of amides is 1. The lowest BCUT2D eigenvalue weighted by atomic mass is 9.97. The van der Waals surface area contributed by atoms with Crippen molar-refractivity contribution in [3.05, 3.63) is 47.3 Å². The first kappa shape index (κ1) is 15.7. The Labute approximate surface area is 137 Å².